The van der Waals surface area contributed by atoms with Crippen LogP contribution in [0, 0.1) is 0 Å². The van der Waals surface area contributed by atoms with Gasteiger partial charge in [-0.2, -0.15) is 0 Å². The summed E-state index contributed by atoms with van der Waals surface area (Å²) in [4.78, 5) is 16.7. The largest absolute Gasteiger partial charge is 0.305 e. The molecule has 1 aromatic rings. The van der Waals surface area contributed by atoms with Crippen LogP contribution in [-0.4, -0.2) is 55.4 Å². The maximum Gasteiger partial charge on any atom is 0.164 e. The molecule has 0 saturated carbocycles. The zero-order chi connectivity index (χ0) is 13.8. The first-order valence-corrected chi connectivity index (χ1v) is 7.11. The second-order valence-electron chi connectivity index (χ2n) is 5.39. The second-order valence-corrected chi connectivity index (χ2v) is 5.83. The third-order valence-electron chi connectivity index (χ3n) is 3.78. The molecule has 0 aromatic heterocycles. The van der Waals surface area contributed by atoms with Gasteiger partial charge >= 0.3 is 0 Å². The Morgan fingerprint density at radius 3 is 2.89 bits per heavy atom. The third-order valence-corrected chi connectivity index (χ3v) is 4.01. The number of halogens is 1. The quantitative estimate of drug-likeness (QED) is 0.775. The minimum absolute atomic E-state index is 0.177. The Labute approximate surface area is 120 Å². The first-order chi connectivity index (χ1) is 9.06. The van der Waals surface area contributed by atoms with Crippen molar-refractivity contribution in [3.05, 3.63) is 34.9 Å². The molecule has 1 aliphatic heterocycles. The highest BCUT2D eigenvalue weighted by atomic mass is 35.5. The summed E-state index contributed by atoms with van der Waals surface area (Å²) in [6, 6.07) is 7.83. The van der Waals surface area contributed by atoms with Gasteiger partial charge in [-0.1, -0.05) is 23.7 Å². The van der Waals surface area contributed by atoms with Crippen LogP contribution in [0.25, 0.3) is 0 Å². The molecule has 0 bridgehead atoms. The van der Waals surface area contributed by atoms with E-state index >= 15 is 0 Å². The Morgan fingerprint density at radius 2 is 2.26 bits per heavy atom. The van der Waals surface area contributed by atoms with Crippen LogP contribution in [0.3, 0.4) is 0 Å². The van der Waals surface area contributed by atoms with E-state index in [-0.39, 0.29) is 5.78 Å². The van der Waals surface area contributed by atoms with Gasteiger partial charge in [0, 0.05) is 36.1 Å². The molecule has 4 heteroatoms. The van der Waals surface area contributed by atoms with Crippen LogP contribution in [-0.2, 0) is 0 Å². The molecule has 0 radical (unpaired) electrons. The molecule has 1 atom stereocenters. The molecule has 104 valence electrons. The zero-order valence-corrected chi connectivity index (χ0v) is 12.4. The van der Waals surface area contributed by atoms with Crippen molar-refractivity contribution < 1.29 is 4.79 Å². The number of benzene rings is 1. The van der Waals surface area contributed by atoms with E-state index in [1.54, 1.807) is 12.1 Å². The van der Waals surface area contributed by atoms with Crippen molar-refractivity contribution in [2.45, 2.75) is 18.9 Å². The standard InChI is InChI=1S/C15H21ClN2O/c1-17(2)14-6-8-18(11-14)9-7-15(19)12-4-3-5-13(16)10-12/h3-5,10,14H,6-9,11H2,1-2H3. The van der Waals surface area contributed by atoms with Gasteiger partial charge in [0.2, 0.25) is 0 Å². The molecule has 19 heavy (non-hydrogen) atoms. The van der Waals surface area contributed by atoms with Crippen LogP contribution in [0.1, 0.15) is 23.2 Å². The maximum absolute atomic E-state index is 12.1. The van der Waals surface area contributed by atoms with Gasteiger partial charge in [0.25, 0.3) is 0 Å². The molecule has 3 nitrogen and oxygen atoms in total. The molecule has 1 aliphatic rings. The summed E-state index contributed by atoms with van der Waals surface area (Å²) in [5, 5.41) is 0.625. The van der Waals surface area contributed by atoms with E-state index in [1.807, 2.05) is 12.1 Å². The van der Waals surface area contributed by atoms with E-state index < -0.39 is 0 Å². The average Bonchev–Trinajstić information content (AvgIpc) is 2.85. The van der Waals surface area contributed by atoms with E-state index in [0.29, 0.717) is 17.5 Å². The Balaban J connectivity index is 1.82. The van der Waals surface area contributed by atoms with Gasteiger partial charge in [-0.05, 0) is 39.2 Å². The summed E-state index contributed by atoms with van der Waals surface area (Å²) < 4.78 is 0. The molecule has 1 heterocycles. The summed E-state index contributed by atoms with van der Waals surface area (Å²) in [5.41, 5.74) is 0.718. The van der Waals surface area contributed by atoms with Crippen molar-refractivity contribution in [2.75, 3.05) is 33.7 Å². The third kappa shape index (κ3) is 4.03. The van der Waals surface area contributed by atoms with Crippen LogP contribution in [0.4, 0.5) is 0 Å². The lowest BCUT2D eigenvalue weighted by molar-refractivity contribution is 0.0967. The van der Waals surface area contributed by atoms with Crippen LogP contribution in [0.15, 0.2) is 24.3 Å². The fraction of sp³-hybridized carbons (Fsp3) is 0.533. The van der Waals surface area contributed by atoms with Crippen LogP contribution >= 0.6 is 11.6 Å². The number of ketones is 1. The summed E-state index contributed by atoms with van der Waals surface area (Å²) in [6.45, 7) is 3.00. The molecular formula is C15H21ClN2O. The molecule has 1 aromatic carbocycles. The number of likely N-dealkylation sites (tertiary alicyclic amines) is 1. The van der Waals surface area contributed by atoms with E-state index in [0.717, 1.165) is 25.2 Å². The van der Waals surface area contributed by atoms with Crippen LogP contribution in [0.2, 0.25) is 5.02 Å². The van der Waals surface area contributed by atoms with Crippen molar-refractivity contribution >= 4 is 17.4 Å². The van der Waals surface area contributed by atoms with Crippen molar-refractivity contribution in [1.82, 2.24) is 9.80 Å². The van der Waals surface area contributed by atoms with Crippen LogP contribution < -0.4 is 0 Å². The Kier molecular flexibility index (Phi) is 4.97. The summed E-state index contributed by atoms with van der Waals surface area (Å²) in [7, 11) is 4.23. The number of likely N-dealkylation sites (N-methyl/N-ethyl adjacent to an activating group) is 1. The number of carbonyl (C=O) groups is 1. The highest BCUT2D eigenvalue weighted by Crippen LogP contribution is 2.15. The van der Waals surface area contributed by atoms with Crippen molar-refractivity contribution in [1.29, 1.82) is 0 Å². The fourth-order valence-corrected chi connectivity index (χ4v) is 2.69. The highest BCUT2D eigenvalue weighted by Gasteiger charge is 2.23. The molecule has 0 spiro atoms. The van der Waals surface area contributed by atoms with Gasteiger partial charge in [-0.3, -0.25) is 4.79 Å². The van der Waals surface area contributed by atoms with Crippen molar-refractivity contribution in [2.24, 2.45) is 0 Å². The van der Waals surface area contributed by atoms with Gasteiger partial charge in [-0.25, -0.2) is 0 Å². The molecule has 0 aliphatic carbocycles. The Hall–Kier alpha value is -0.900. The van der Waals surface area contributed by atoms with E-state index in [4.69, 9.17) is 11.6 Å². The van der Waals surface area contributed by atoms with Gasteiger partial charge < -0.3 is 9.80 Å². The number of rotatable bonds is 5. The van der Waals surface area contributed by atoms with Gasteiger partial charge in [0.1, 0.15) is 0 Å². The lowest BCUT2D eigenvalue weighted by atomic mass is 10.1. The summed E-state index contributed by atoms with van der Waals surface area (Å²) in [5.74, 6) is 0.177. The van der Waals surface area contributed by atoms with Gasteiger partial charge in [0.15, 0.2) is 5.78 Å². The molecular weight excluding hydrogens is 260 g/mol. The molecule has 2 rings (SSSR count). The number of carbonyl (C=O) groups excluding carboxylic acids is 1. The first kappa shape index (κ1) is 14.5. The molecule has 1 fully saturated rings. The fourth-order valence-electron chi connectivity index (χ4n) is 2.50. The minimum atomic E-state index is 0.177. The molecule has 1 unspecified atom stereocenters. The Bertz CT molecular complexity index is 448. The van der Waals surface area contributed by atoms with Gasteiger partial charge in [-0.15, -0.1) is 0 Å². The van der Waals surface area contributed by atoms with Crippen molar-refractivity contribution in [3.63, 3.8) is 0 Å². The highest BCUT2D eigenvalue weighted by molar-refractivity contribution is 6.31. The first-order valence-electron chi connectivity index (χ1n) is 6.74. The van der Waals surface area contributed by atoms with E-state index in [1.165, 1.54) is 6.42 Å². The monoisotopic (exact) mass is 280 g/mol. The number of nitrogens with zero attached hydrogens (tertiary/aromatic N) is 2. The molecule has 1 saturated heterocycles. The topological polar surface area (TPSA) is 23.6 Å². The number of Topliss-reactive ketones (excluding diaryl/α,β-unsaturated/α-hetero) is 1. The average molecular weight is 281 g/mol. The summed E-state index contributed by atoms with van der Waals surface area (Å²) >= 11 is 5.90. The van der Waals surface area contributed by atoms with Gasteiger partial charge in [0.05, 0.1) is 0 Å². The number of hydrogen-bond donors (Lipinski definition) is 0. The van der Waals surface area contributed by atoms with Crippen molar-refractivity contribution in [3.8, 4) is 0 Å². The maximum atomic E-state index is 12.1. The smallest absolute Gasteiger partial charge is 0.164 e. The normalized spacial score (nSPS) is 20.1. The molecule has 0 N–H and O–H groups in total. The van der Waals surface area contributed by atoms with E-state index in [2.05, 4.69) is 23.9 Å². The van der Waals surface area contributed by atoms with E-state index in [9.17, 15) is 4.79 Å². The van der Waals surface area contributed by atoms with Crippen LogP contribution in [0.5, 0.6) is 0 Å². The predicted molar refractivity (Wildman–Crippen MR) is 78.9 cm³/mol. The minimum Gasteiger partial charge on any atom is -0.305 e. The SMILES string of the molecule is CN(C)C1CCN(CCC(=O)c2cccc(Cl)c2)C1. The zero-order valence-electron chi connectivity index (χ0n) is 11.6. The molecule has 0 amide bonds. The lowest BCUT2D eigenvalue weighted by Gasteiger charge is -2.20. The Morgan fingerprint density at radius 1 is 1.47 bits per heavy atom. The number of hydrogen-bond acceptors (Lipinski definition) is 3. The second kappa shape index (κ2) is 6.51. The lowest BCUT2D eigenvalue weighted by Crippen LogP contribution is -2.32. The summed E-state index contributed by atoms with van der Waals surface area (Å²) in [6.07, 6.45) is 1.76. The predicted octanol–water partition coefficient (Wildman–Crippen LogP) is 2.55.